The van der Waals surface area contributed by atoms with E-state index in [9.17, 15) is 9.90 Å². The second-order valence-electron chi connectivity index (χ2n) is 7.95. The lowest BCUT2D eigenvalue weighted by Crippen LogP contribution is -2.52. The van der Waals surface area contributed by atoms with E-state index in [1.165, 1.54) is 38.5 Å². The third-order valence-corrected chi connectivity index (χ3v) is 6.23. The quantitative estimate of drug-likeness (QED) is 0.861. The summed E-state index contributed by atoms with van der Waals surface area (Å²) < 4.78 is 0. The van der Waals surface area contributed by atoms with Crippen LogP contribution in [0.4, 0.5) is 0 Å². The van der Waals surface area contributed by atoms with Gasteiger partial charge < -0.3 is 5.11 Å². The van der Waals surface area contributed by atoms with Gasteiger partial charge in [0.2, 0.25) is 0 Å². The Hall–Kier alpha value is -0.830. The number of rotatable bonds is 3. The summed E-state index contributed by atoms with van der Waals surface area (Å²) in [5.41, 5.74) is 1.15. The van der Waals surface area contributed by atoms with Gasteiger partial charge in [-0.2, -0.15) is 0 Å². The predicted molar refractivity (Wildman–Crippen MR) is 77.4 cm³/mol. The van der Waals surface area contributed by atoms with E-state index in [2.05, 4.69) is 4.90 Å². The Morgan fingerprint density at radius 1 is 1.20 bits per heavy atom. The van der Waals surface area contributed by atoms with E-state index in [1.807, 2.05) is 6.08 Å². The third kappa shape index (κ3) is 2.20. The van der Waals surface area contributed by atoms with Crippen LogP contribution in [-0.4, -0.2) is 35.6 Å². The van der Waals surface area contributed by atoms with Crippen LogP contribution in [0.15, 0.2) is 11.6 Å². The van der Waals surface area contributed by atoms with E-state index in [-0.39, 0.29) is 0 Å². The summed E-state index contributed by atoms with van der Waals surface area (Å²) in [4.78, 5) is 13.6. The van der Waals surface area contributed by atoms with Gasteiger partial charge in [-0.05, 0) is 68.1 Å². The van der Waals surface area contributed by atoms with Gasteiger partial charge in [0.05, 0.1) is 0 Å². The second-order valence-corrected chi connectivity index (χ2v) is 7.95. The van der Waals surface area contributed by atoms with Gasteiger partial charge in [-0.25, -0.2) is 4.79 Å². The molecule has 0 aromatic carbocycles. The molecule has 0 aromatic heterocycles. The second kappa shape index (κ2) is 4.59. The molecule has 0 atom stereocenters. The summed E-state index contributed by atoms with van der Waals surface area (Å²) >= 11 is 0. The first kappa shape index (κ1) is 12.9. The minimum Gasteiger partial charge on any atom is -0.478 e. The summed E-state index contributed by atoms with van der Waals surface area (Å²) in [6, 6.07) is 0. The zero-order valence-corrected chi connectivity index (χ0v) is 12.2. The predicted octanol–water partition coefficient (Wildman–Crippen LogP) is 2.92. The average Bonchev–Trinajstić information content (AvgIpc) is 2.36. The van der Waals surface area contributed by atoms with Gasteiger partial charge in [0, 0.05) is 25.2 Å². The van der Waals surface area contributed by atoms with Crippen LogP contribution in [0.1, 0.15) is 44.9 Å². The fourth-order valence-electron chi connectivity index (χ4n) is 6.05. The number of hydrogen-bond acceptors (Lipinski definition) is 2. The summed E-state index contributed by atoms with van der Waals surface area (Å²) in [5, 5.41) is 9.19. The number of carboxylic acid groups (broad SMARTS) is 1. The van der Waals surface area contributed by atoms with Crippen molar-refractivity contribution in [1.29, 1.82) is 0 Å². The maximum atomic E-state index is 11.2. The molecule has 0 aromatic rings. The molecule has 4 saturated carbocycles. The molecule has 0 unspecified atom stereocenters. The van der Waals surface area contributed by atoms with Gasteiger partial charge in [0.25, 0.3) is 0 Å². The molecule has 1 aliphatic heterocycles. The Balaban J connectivity index is 1.47. The van der Waals surface area contributed by atoms with Crippen molar-refractivity contribution in [2.24, 2.45) is 23.2 Å². The Labute approximate surface area is 121 Å². The Morgan fingerprint density at radius 3 is 2.35 bits per heavy atom. The van der Waals surface area contributed by atoms with E-state index in [4.69, 9.17) is 0 Å². The van der Waals surface area contributed by atoms with Gasteiger partial charge >= 0.3 is 5.97 Å². The molecule has 0 amide bonds. The van der Waals surface area contributed by atoms with Crippen molar-refractivity contribution >= 4 is 5.97 Å². The van der Waals surface area contributed by atoms with E-state index < -0.39 is 5.97 Å². The average molecular weight is 275 g/mol. The molecule has 1 heterocycles. The molecule has 20 heavy (non-hydrogen) atoms. The molecule has 3 heteroatoms. The normalized spacial score (nSPS) is 43.6. The van der Waals surface area contributed by atoms with Crippen molar-refractivity contribution in [2.75, 3.05) is 19.6 Å². The van der Waals surface area contributed by atoms with E-state index in [0.29, 0.717) is 17.5 Å². The van der Waals surface area contributed by atoms with Crippen molar-refractivity contribution in [3.05, 3.63) is 11.6 Å². The third-order valence-electron chi connectivity index (χ3n) is 6.23. The van der Waals surface area contributed by atoms with Crippen LogP contribution in [0.3, 0.4) is 0 Å². The van der Waals surface area contributed by atoms with Crippen molar-refractivity contribution in [3.8, 4) is 0 Å². The highest BCUT2D eigenvalue weighted by molar-refractivity contribution is 5.87. The van der Waals surface area contributed by atoms with Gasteiger partial charge in [0.1, 0.15) is 0 Å². The lowest BCUT2D eigenvalue weighted by molar-refractivity contribution is -0.133. The molecule has 5 rings (SSSR count). The molecule has 0 spiro atoms. The highest BCUT2D eigenvalue weighted by atomic mass is 16.4. The summed E-state index contributed by atoms with van der Waals surface area (Å²) in [7, 11) is 0. The highest BCUT2D eigenvalue weighted by Gasteiger charge is 2.51. The smallest absolute Gasteiger partial charge is 0.332 e. The molecule has 4 bridgehead atoms. The lowest BCUT2D eigenvalue weighted by atomic mass is 9.49. The Kier molecular flexibility index (Phi) is 2.95. The van der Waals surface area contributed by atoms with Crippen LogP contribution in [0.5, 0.6) is 0 Å². The molecule has 3 nitrogen and oxygen atoms in total. The maximum Gasteiger partial charge on any atom is 0.332 e. The van der Waals surface area contributed by atoms with Crippen LogP contribution in [-0.2, 0) is 4.79 Å². The number of carbonyl (C=O) groups is 1. The molecule has 1 N–H and O–H groups in total. The summed E-state index contributed by atoms with van der Waals surface area (Å²) in [5.74, 6) is 2.24. The van der Waals surface area contributed by atoms with Crippen molar-refractivity contribution in [3.63, 3.8) is 0 Å². The fourth-order valence-corrected chi connectivity index (χ4v) is 6.05. The van der Waals surface area contributed by atoms with Gasteiger partial charge in [-0.15, -0.1) is 0 Å². The van der Waals surface area contributed by atoms with Crippen LogP contribution in [0, 0.1) is 23.2 Å². The standard InChI is InChI=1S/C17H25NO2/c19-16(20)15-2-1-3-18(10-15)11-17-7-12-4-13(8-17)6-14(5-12)9-17/h2,12-14H,1,3-11H2,(H,19,20). The van der Waals surface area contributed by atoms with Crippen LogP contribution >= 0.6 is 0 Å². The molecular formula is C17H25NO2. The molecule has 4 fully saturated rings. The summed E-state index contributed by atoms with van der Waals surface area (Å²) in [6.45, 7) is 2.87. The van der Waals surface area contributed by atoms with Crippen molar-refractivity contribution < 1.29 is 9.90 Å². The molecule has 110 valence electrons. The molecular weight excluding hydrogens is 250 g/mol. The first-order valence-electron chi connectivity index (χ1n) is 8.27. The number of hydrogen-bond donors (Lipinski definition) is 1. The SMILES string of the molecule is O=C(O)C1=CCCN(CC23CC4CC(CC(C4)C2)C3)C1. The van der Waals surface area contributed by atoms with Crippen molar-refractivity contribution in [2.45, 2.75) is 44.9 Å². The van der Waals surface area contributed by atoms with Crippen LogP contribution < -0.4 is 0 Å². The zero-order valence-electron chi connectivity index (χ0n) is 12.2. The zero-order chi connectivity index (χ0) is 13.7. The number of aliphatic carboxylic acids is 1. The van der Waals surface area contributed by atoms with E-state index in [1.54, 1.807) is 0 Å². The maximum absolute atomic E-state index is 11.2. The van der Waals surface area contributed by atoms with Gasteiger partial charge in [0.15, 0.2) is 0 Å². The minimum absolute atomic E-state index is 0.537. The number of nitrogens with zero attached hydrogens (tertiary/aromatic N) is 1. The molecule has 0 saturated heterocycles. The first-order chi connectivity index (χ1) is 9.62. The topological polar surface area (TPSA) is 40.5 Å². The molecule has 4 aliphatic carbocycles. The largest absolute Gasteiger partial charge is 0.478 e. The molecule has 5 aliphatic rings. The Bertz CT molecular complexity index is 419. The molecule has 0 radical (unpaired) electrons. The van der Waals surface area contributed by atoms with Gasteiger partial charge in [-0.3, -0.25) is 4.90 Å². The minimum atomic E-state index is -0.722. The number of carboxylic acids is 1. The lowest BCUT2D eigenvalue weighted by Gasteiger charge is -2.58. The van der Waals surface area contributed by atoms with E-state index in [0.717, 1.165) is 37.3 Å². The van der Waals surface area contributed by atoms with Crippen molar-refractivity contribution in [1.82, 2.24) is 4.90 Å². The fraction of sp³-hybridized carbons (Fsp3) is 0.824. The summed E-state index contributed by atoms with van der Waals surface area (Å²) in [6.07, 6.45) is 11.5. The Morgan fingerprint density at radius 2 is 1.80 bits per heavy atom. The van der Waals surface area contributed by atoms with Crippen LogP contribution in [0.2, 0.25) is 0 Å². The first-order valence-corrected chi connectivity index (χ1v) is 8.27. The monoisotopic (exact) mass is 275 g/mol. The van der Waals surface area contributed by atoms with Crippen LogP contribution in [0.25, 0.3) is 0 Å². The highest BCUT2D eigenvalue weighted by Crippen LogP contribution is 2.60. The van der Waals surface area contributed by atoms with Gasteiger partial charge in [-0.1, -0.05) is 6.08 Å². The van der Waals surface area contributed by atoms with E-state index >= 15 is 0 Å².